The lowest BCUT2D eigenvalue weighted by molar-refractivity contribution is 0.0741. The summed E-state index contributed by atoms with van der Waals surface area (Å²) in [6, 6.07) is 14.8. The van der Waals surface area contributed by atoms with E-state index in [9.17, 15) is 13.6 Å². The molecule has 2 aromatic carbocycles. The van der Waals surface area contributed by atoms with E-state index in [0.717, 1.165) is 34.9 Å². The SMILES string of the molecule is O=C(c1cc(F)ccc1F)N1CCN(c2ccc3ccccc3n2)CC1. The fourth-order valence-electron chi connectivity index (χ4n) is 3.20. The first-order valence-corrected chi connectivity index (χ1v) is 8.47. The number of halogens is 2. The maximum atomic E-state index is 13.8. The zero-order valence-corrected chi connectivity index (χ0v) is 14.0. The van der Waals surface area contributed by atoms with E-state index in [2.05, 4.69) is 9.88 Å². The van der Waals surface area contributed by atoms with Crippen LogP contribution in [-0.4, -0.2) is 42.0 Å². The third-order valence-corrected chi connectivity index (χ3v) is 4.63. The third kappa shape index (κ3) is 3.10. The zero-order valence-electron chi connectivity index (χ0n) is 14.0. The van der Waals surface area contributed by atoms with Crippen LogP contribution < -0.4 is 4.90 Å². The lowest BCUT2D eigenvalue weighted by Gasteiger charge is -2.35. The molecule has 3 aromatic rings. The van der Waals surface area contributed by atoms with Gasteiger partial charge in [0.1, 0.15) is 17.5 Å². The second-order valence-electron chi connectivity index (χ2n) is 6.27. The number of fused-ring (bicyclic) bond motifs is 1. The van der Waals surface area contributed by atoms with Gasteiger partial charge < -0.3 is 9.80 Å². The molecule has 0 N–H and O–H groups in total. The Hall–Kier alpha value is -3.02. The third-order valence-electron chi connectivity index (χ3n) is 4.63. The maximum absolute atomic E-state index is 13.8. The summed E-state index contributed by atoms with van der Waals surface area (Å²) in [4.78, 5) is 20.8. The number of aromatic nitrogens is 1. The molecule has 1 amide bonds. The van der Waals surface area contributed by atoms with Crippen LogP contribution in [0, 0.1) is 11.6 Å². The standard InChI is InChI=1S/C20H17F2N3O/c21-15-6-7-17(22)16(13-15)20(26)25-11-9-24(10-12-25)19-8-5-14-3-1-2-4-18(14)23-19/h1-8,13H,9-12H2. The molecule has 6 heteroatoms. The van der Waals surface area contributed by atoms with E-state index in [1.54, 1.807) is 4.90 Å². The predicted octanol–water partition coefficient (Wildman–Crippen LogP) is 3.48. The first kappa shape index (κ1) is 16.4. The quantitative estimate of drug-likeness (QED) is 0.708. The molecule has 1 fully saturated rings. The molecule has 4 nitrogen and oxygen atoms in total. The normalized spacial score (nSPS) is 14.7. The summed E-state index contributed by atoms with van der Waals surface area (Å²) in [6.45, 7) is 2.05. The monoisotopic (exact) mass is 353 g/mol. The lowest BCUT2D eigenvalue weighted by Crippen LogP contribution is -2.49. The summed E-state index contributed by atoms with van der Waals surface area (Å²) in [5.74, 6) is -0.940. The molecular formula is C20H17F2N3O. The van der Waals surface area contributed by atoms with Gasteiger partial charge >= 0.3 is 0 Å². The van der Waals surface area contributed by atoms with Gasteiger partial charge in [-0.2, -0.15) is 0 Å². The smallest absolute Gasteiger partial charge is 0.257 e. The van der Waals surface area contributed by atoms with E-state index < -0.39 is 17.5 Å². The minimum atomic E-state index is -0.699. The van der Waals surface area contributed by atoms with Gasteiger partial charge in [0.15, 0.2) is 0 Å². The largest absolute Gasteiger partial charge is 0.353 e. The van der Waals surface area contributed by atoms with E-state index in [1.165, 1.54) is 0 Å². The molecule has 1 aliphatic rings. The molecule has 26 heavy (non-hydrogen) atoms. The number of pyridine rings is 1. The fraction of sp³-hybridized carbons (Fsp3) is 0.200. The van der Waals surface area contributed by atoms with E-state index >= 15 is 0 Å². The molecular weight excluding hydrogens is 336 g/mol. The van der Waals surface area contributed by atoms with Crippen molar-refractivity contribution in [2.45, 2.75) is 0 Å². The summed E-state index contributed by atoms with van der Waals surface area (Å²) in [5.41, 5.74) is 0.701. The fourth-order valence-corrected chi connectivity index (χ4v) is 3.20. The summed E-state index contributed by atoms with van der Waals surface area (Å²) in [6.07, 6.45) is 0. The zero-order chi connectivity index (χ0) is 18.1. The Balaban J connectivity index is 1.48. The molecule has 0 saturated carbocycles. The number of piperazine rings is 1. The highest BCUT2D eigenvalue weighted by Gasteiger charge is 2.25. The highest BCUT2D eigenvalue weighted by atomic mass is 19.1. The number of hydrogen-bond donors (Lipinski definition) is 0. The minimum absolute atomic E-state index is 0.220. The number of carbonyl (C=O) groups is 1. The Bertz CT molecular complexity index is 968. The van der Waals surface area contributed by atoms with Crippen molar-refractivity contribution in [3.8, 4) is 0 Å². The molecule has 2 heterocycles. The van der Waals surface area contributed by atoms with Crippen molar-refractivity contribution >= 4 is 22.6 Å². The molecule has 0 atom stereocenters. The van der Waals surface area contributed by atoms with Crippen molar-refractivity contribution in [2.75, 3.05) is 31.1 Å². The Labute approximate surface area is 149 Å². The van der Waals surface area contributed by atoms with E-state index in [4.69, 9.17) is 0 Å². The molecule has 0 unspecified atom stereocenters. The van der Waals surface area contributed by atoms with Gasteiger partial charge in [0, 0.05) is 31.6 Å². The van der Waals surface area contributed by atoms with Gasteiger partial charge in [0.05, 0.1) is 11.1 Å². The van der Waals surface area contributed by atoms with Crippen molar-refractivity contribution in [1.29, 1.82) is 0 Å². The molecule has 132 valence electrons. The van der Waals surface area contributed by atoms with Gasteiger partial charge in [-0.1, -0.05) is 18.2 Å². The first-order chi connectivity index (χ1) is 12.6. The van der Waals surface area contributed by atoms with Crippen LogP contribution >= 0.6 is 0 Å². The average molecular weight is 353 g/mol. The number of amides is 1. The van der Waals surface area contributed by atoms with Crippen molar-refractivity contribution in [1.82, 2.24) is 9.88 Å². The lowest BCUT2D eigenvalue weighted by atomic mass is 10.1. The van der Waals surface area contributed by atoms with Crippen LogP contribution in [0.3, 0.4) is 0 Å². The number of carbonyl (C=O) groups excluding carboxylic acids is 1. The van der Waals surface area contributed by atoms with Crippen molar-refractivity contribution in [2.24, 2.45) is 0 Å². The number of para-hydroxylation sites is 1. The van der Waals surface area contributed by atoms with E-state index in [1.807, 2.05) is 36.4 Å². The van der Waals surface area contributed by atoms with Crippen LogP contribution in [0.15, 0.2) is 54.6 Å². The van der Waals surface area contributed by atoms with Crippen molar-refractivity contribution < 1.29 is 13.6 Å². The predicted molar refractivity (Wildman–Crippen MR) is 96.2 cm³/mol. The summed E-state index contributed by atoms with van der Waals surface area (Å²) < 4.78 is 27.2. The molecule has 1 aliphatic heterocycles. The first-order valence-electron chi connectivity index (χ1n) is 8.47. The molecule has 0 bridgehead atoms. The van der Waals surface area contributed by atoms with Crippen molar-refractivity contribution in [3.63, 3.8) is 0 Å². The number of benzene rings is 2. The van der Waals surface area contributed by atoms with Gasteiger partial charge in [-0.25, -0.2) is 13.8 Å². The molecule has 4 rings (SSSR count). The van der Waals surface area contributed by atoms with Crippen molar-refractivity contribution in [3.05, 3.63) is 71.8 Å². The Kier molecular flexibility index (Phi) is 4.24. The average Bonchev–Trinajstić information content (AvgIpc) is 2.69. The Morgan fingerprint density at radius 1 is 0.923 bits per heavy atom. The van der Waals surface area contributed by atoms with Crippen LogP contribution in [0.5, 0.6) is 0 Å². The number of hydrogen-bond acceptors (Lipinski definition) is 3. The second-order valence-corrected chi connectivity index (χ2v) is 6.27. The van der Waals surface area contributed by atoms with Gasteiger partial charge in [0.2, 0.25) is 0 Å². The summed E-state index contributed by atoms with van der Waals surface area (Å²) in [5, 5.41) is 1.08. The van der Waals surface area contributed by atoms with Gasteiger partial charge in [0.25, 0.3) is 5.91 Å². The summed E-state index contributed by atoms with van der Waals surface area (Å²) >= 11 is 0. The van der Waals surface area contributed by atoms with E-state index in [0.29, 0.717) is 26.2 Å². The topological polar surface area (TPSA) is 36.4 Å². The minimum Gasteiger partial charge on any atom is -0.353 e. The Morgan fingerprint density at radius 3 is 2.50 bits per heavy atom. The molecule has 1 saturated heterocycles. The van der Waals surface area contributed by atoms with Crippen LogP contribution in [0.25, 0.3) is 10.9 Å². The number of nitrogens with zero attached hydrogens (tertiary/aromatic N) is 3. The highest BCUT2D eigenvalue weighted by molar-refractivity contribution is 5.94. The number of anilines is 1. The molecule has 0 spiro atoms. The van der Waals surface area contributed by atoms with Crippen LogP contribution in [0.2, 0.25) is 0 Å². The van der Waals surface area contributed by atoms with Crippen LogP contribution in [0.4, 0.5) is 14.6 Å². The summed E-state index contributed by atoms with van der Waals surface area (Å²) in [7, 11) is 0. The van der Waals surface area contributed by atoms with Gasteiger partial charge in [-0.15, -0.1) is 0 Å². The maximum Gasteiger partial charge on any atom is 0.257 e. The van der Waals surface area contributed by atoms with Gasteiger partial charge in [-0.3, -0.25) is 4.79 Å². The Morgan fingerprint density at radius 2 is 1.69 bits per heavy atom. The molecule has 0 radical (unpaired) electrons. The van der Waals surface area contributed by atoms with Crippen LogP contribution in [0.1, 0.15) is 10.4 Å². The van der Waals surface area contributed by atoms with E-state index in [-0.39, 0.29) is 5.56 Å². The highest BCUT2D eigenvalue weighted by Crippen LogP contribution is 2.20. The number of rotatable bonds is 2. The molecule has 0 aliphatic carbocycles. The molecule has 1 aromatic heterocycles. The van der Waals surface area contributed by atoms with Crippen LogP contribution in [-0.2, 0) is 0 Å². The van der Waals surface area contributed by atoms with Gasteiger partial charge in [-0.05, 0) is 36.4 Å². The second kappa shape index (κ2) is 6.71.